The van der Waals surface area contributed by atoms with Crippen molar-refractivity contribution in [3.63, 3.8) is 0 Å². The number of rotatable bonds is 6. The van der Waals surface area contributed by atoms with Gasteiger partial charge in [-0.25, -0.2) is 0 Å². The minimum atomic E-state index is -0.0713. The summed E-state index contributed by atoms with van der Waals surface area (Å²) in [5.74, 6) is 0.625. The first kappa shape index (κ1) is 15.8. The van der Waals surface area contributed by atoms with Crippen molar-refractivity contribution in [2.45, 2.75) is 45.4 Å². The van der Waals surface area contributed by atoms with E-state index in [-0.39, 0.29) is 6.10 Å². The molecular formula is C16H25BrN2O. The molecule has 1 aliphatic carbocycles. The van der Waals surface area contributed by atoms with Crippen LogP contribution in [0.15, 0.2) is 22.7 Å². The summed E-state index contributed by atoms with van der Waals surface area (Å²) < 4.78 is 1.11. The molecule has 1 saturated carbocycles. The molecule has 1 fully saturated rings. The van der Waals surface area contributed by atoms with E-state index in [0.717, 1.165) is 30.4 Å². The molecule has 20 heavy (non-hydrogen) atoms. The van der Waals surface area contributed by atoms with Gasteiger partial charge >= 0.3 is 0 Å². The number of aliphatic hydroxyl groups is 1. The number of hydrogen-bond donors (Lipinski definition) is 2. The zero-order valence-electron chi connectivity index (χ0n) is 12.6. The van der Waals surface area contributed by atoms with Gasteiger partial charge in [-0.05, 0) is 36.5 Å². The van der Waals surface area contributed by atoms with Crippen molar-refractivity contribution in [2.75, 3.05) is 18.5 Å². The Morgan fingerprint density at radius 3 is 2.70 bits per heavy atom. The normalized spacial score (nSPS) is 21.9. The van der Waals surface area contributed by atoms with Crippen LogP contribution in [0.3, 0.4) is 0 Å². The summed E-state index contributed by atoms with van der Waals surface area (Å²) in [7, 11) is 2.14. The molecule has 112 valence electrons. The van der Waals surface area contributed by atoms with Crippen LogP contribution in [0.4, 0.5) is 5.69 Å². The third-order valence-corrected chi connectivity index (χ3v) is 4.40. The Balaban J connectivity index is 2.05. The number of anilines is 1. The second-order valence-corrected chi connectivity index (χ2v) is 7.10. The van der Waals surface area contributed by atoms with Crippen LogP contribution in [0.1, 0.15) is 32.3 Å². The topological polar surface area (TPSA) is 35.5 Å². The first-order valence-corrected chi connectivity index (χ1v) is 8.16. The molecule has 1 aromatic rings. The van der Waals surface area contributed by atoms with Crippen LogP contribution in [-0.4, -0.2) is 30.8 Å². The highest BCUT2D eigenvalue weighted by atomic mass is 79.9. The smallest absolute Gasteiger partial charge is 0.0546 e. The van der Waals surface area contributed by atoms with Crippen molar-refractivity contribution >= 4 is 21.6 Å². The van der Waals surface area contributed by atoms with Crippen molar-refractivity contribution in [3.8, 4) is 0 Å². The van der Waals surface area contributed by atoms with Gasteiger partial charge in [0.2, 0.25) is 0 Å². The van der Waals surface area contributed by atoms with Crippen molar-refractivity contribution in [1.29, 1.82) is 0 Å². The molecule has 0 unspecified atom stereocenters. The summed E-state index contributed by atoms with van der Waals surface area (Å²) in [5, 5.41) is 12.9. The lowest BCUT2D eigenvalue weighted by Gasteiger charge is -2.36. The lowest BCUT2D eigenvalue weighted by atomic mass is 9.82. The van der Waals surface area contributed by atoms with E-state index >= 15 is 0 Å². The van der Waals surface area contributed by atoms with Gasteiger partial charge in [0.1, 0.15) is 0 Å². The average Bonchev–Trinajstić information content (AvgIpc) is 2.35. The van der Waals surface area contributed by atoms with Crippen LogP contribution in [0.25, 0.3) is 0 Å². The Morgan fingerprint density at radius 2 is 2.10 bits per heavy atom. The molecule has 1 aromatic carbocycles. The van der Waals surface area contributed by atoms with Gasteiger partial charge in [-0.3, -0.25) is 0 Å². The van der Waals surface area contributed by atoms with E-state index in [1.807, 2.05) is 0 Å². The minimum absolute atomic E-state index is 0.0713. The quantitative estimate of drug-likeness (QED) is 0.834. The molecule has 2 rings (SSSR count). The van der Waals surface area contributed by atoms with Crippen molar-refractivity contribution in [2.24, 2.45) is 5.92 Å². The first-order valence-electron chi connectivity index (χ1n) is 7.36. The summed E-state index contributed by atoms with van der Waals surface area (Å²) >= 11 is 3.56. The number of aliphatic hydroxyl groups excluding tert-OH is 1. The summed E-state index contributed by atoms with van der Waals surface area (Å²) in [6.07, 6.45) is 1.81. The Bertz CT molecular complexity index is 444. The fourth-order valence-electron chi connectivity index (χ4n) is 2.69. The summed E-state index contributed by atoms with van der Waals surface area (Å²) in [5.41, 5.74) is 2.60. The molecular weight excluding hydrogens is 316 g/mol. The van der Waals surface area contributed by atoms with E-state index in [4.69, 9.17) is 0 Å². The molecule has 3 nitrogen and oxygen atoms in total. The fourth-order valence-corrected chi connectivity index (χ4v) is 3.04. The molecule has 2 N–H and O–H groups in total. The van der Waals surface area contributed by atoms with Crippen LogP contribution >= 0.6 is 15.9 Å². The molecule has 0 bridgehead atoms. The highest BCUT2D eigenvalue weighted by molar-refractivity contribution is 9.10. The maximum absolute atomic E-state index is 9.41. The Morgan fingerprint density at radius 1 is 1.40 bits per heavy atom. The predicted octanol–water partition coefficient (Wildman–Crippen LogP) is 3.15. The van der Waals surface area contributed by atoms with Crippen LogP contribution in [0.2, 0.25) is 0 Å². The zero-order chi connectivity index (χ0) is 14.7. The van der Waals surface area contributed by atoms with Gasteiger partial charge in [-0.1, -0.05) is 35.8 Å². The SMILES string of the molecule is CC(C)NCc1ccc(Br)cc1N(C)CC1CC(O)C1. The fraction of sp³-hybridized carbons (Fsp3) is 0.625. The van der Waals surface area contributed by atoms with Gasteiger partial charge in [-0.2, -0.15) is 0 Å². The van der Waals surface area contributed by atoms with Crippen molar-refractivity contribution in [3.05, 3.63) is 28.2 Å². The number of benzene rings is 1. The molecule has 0 saturated heterocycles. The van der Waals surface area contributed by atoms with Gasteiger partial charge in [0.25, 0.3) is 0 Å². The number of nitrogens with zero attached hydrogens (tertiary/aromatic N) is 1. The zero-order valence-corrected chi connectivity index (χ0v) is 14.2. The number of nitrogens with one attached hydrogen (secondary N) is 1. The highest BCUT2D eigenvalue weighted by Gasteiger charge is 2.28. The molecule has 0 heterocycles. The molecule has 0 amide bonds. The molecule has 0 radical (unpaired) electrons. The van der Waals surface area contributed by atoms with Crippen LogP contribution in [0.5, 0.6) is 0 Å². The molecule has 0 atom stereocenters. The largest absolute Gasteiger partial charge is 0.393 e. The van der Waals surface area contributed by atoms with Crippen LogP contribution in [0, 0.1) is 5.92 Å². The molecule has 0 spiro atoms. The van der Waals surface area contributed by atoms with E-state index in [1.165, 1.54) is 11.3 Å². The monoisotopic (exact) mass is 340 g/mol. The minimum Gasteiger partial charge on any atom is -0.393 e. The maximum Gasteiger partial charge on any atom is 0.0546 e. The lowest BCUT2D eigenvalue weighted by molar-refractivity contribution is 0.0464. The standard InChI is InChI=1S/C16H25BrN2O/c1-11(2)18-9-13-4-5-14(17)8-16(13)19(3)10-12-6-15(20)7-12/h4-5,8,11-12,15,18,20H,6-7,9-10H2,1-3H3. The highest BCUT2D eigenvalue weighted by Crippen LogP contribution is 2.31. The van der Waals surface area contributed by atoms with E-state index in [2.05, 4.69) is 65.2 Å². The summed E-state index contributed by atoms with van der Waals surface area (Å²) in [4.78, 5) is 2.32. The van der Waals surface area contributed by atoms with Gasteiger partial charge in [0.05, 0.1) is 6.10 Å². The van der Waals surface area contributed by atoms with Crippen molar-refractivity contribution in [1.82, 2.24) is 5.32 Å². The van der Waals surface area contributed by atoms with Crippen LogP contribution < -0.4 is 10.2 Å². The van der Waals surface area contributed by atoms with E-state index in [9.17, 15) is 5.11 Å². The maximum atomic E-state index is 9.41. The lowest BCUT2D eigenvalue weighted by Crippen LogP contribution is -2.37. The third kappa shape index (κ3) is 4.21. The van der Waals surface area contributed by atoms with E-state index < -0.39 is 0 Å². The van der Waals surface area contributed by atoms with Crippen molar-refractivity contribution < 1.29 is 5.11 Å². The number of hydrogen-bond acceptors (Lipinski definition) is 3. The van der Waals surface area contributed by atoms with E-state index in [1.54, 1.807) is 0 Å². The predicted molar refractivity (Wildman–Crippen MR) is 88.1 cm³/mol. The molecule has 0 aromatic heterocycles. The second kappa shape index (κ2) is 6.92. The van der Waals surface area contributed by atoms with Gasteiger partial charge in [0, 0.05) is 36.3 Å². The Labute approximate surface area is 130 Å². The average molecular weight is 341 g/mol. The second-order valence-electron chi connectivity index (χ2n) is 6.18. The Kier molecular flexibility index (Phi) is 5.47. The third-order valence-electron chi connectivity index (χ3n) is 3.90. The molecule has 0 aliphatic heterocycles. The van der Waals surface area contributed by atoms with Gasteiger partial charge in [0.15, 0.2) is 0 Å². The van der Waals surface area contributed by atoms with Gasteiger partial charge in [-0.15, -0.1) is 0 Å². The first-order chi connectivity index (χ1) is 9.45. The summed E-state index contributed by atoms with van der Waals surface area (Å²) in [6.45, 7) is 6.23. The molecule has 4 heteroatoms. The summed E-state index contributed by atoms with van der Waals surface area (Å²) in [6, 6.07) is 6.95. The Hall–Kier alpha value is -0.580. The van der Waals surface area contributed by atoms with Gasteiger partial charge < -0.3 is 15.3 Å². The number of halogens is 1. The van der Waals surface area contributed by atoms with E-state index in [0.29, 0.717) is 12.0 Å². The molecule has 1 aliphatic rings. The van der Waals surface area contributed by atoms with Crippen LogP contribution in [-0.2, 0) is 6.54 Å².